The Morgan fingerprint density at radius 3 is 2.59 bits per heavy atom. The van der Waals surface area contributed by atoms with Crippen molar-refractivity contribution in [3.63, 3.8) is 0 Å². The molecule has 1 amide bonds. The molecular formula is C17H18BrCl2FN4O2. The summed E-state index contributed by atoms with van der Waals surface area (Å²) in [6.45, 7) is 7.13. The number of amides is 1. The van der Waals surface area contributed by atoms with Gasteiger partial charge in [0.15, 0.2) is 5.82 Å². The van der Waals surface area contributed by atoms with E-state index in [1.165, 1.54) is 5.06 Å². The van der Waals surface area contributed by atoms with Crippen LogP contribution in [-0.4, -0.2) is 44.7 Å². The molecule has 6 nitrogen and oxygen atoms in total. The molecule has 0 atom stereocenters. The molecular weight excluding hydrogens is 462 g/mol. The molecule has 1 aromatic heterocycles. The maximum Gasteiger partial charge on any atom is 0.428 e. The summed E-state index contributed by atoms with van der Waals surface area (Å²) in [6, 6.07) is 1.56. The quantitative estimate of drug-likeness (QED) is 0.344. The van der Waals surface area contributed by atoms with Gasteiger partial charge in [-0.1, -0.05) is 11.6 Å². The van der Waals surface area contributed by atoms with Crippen molar-refractivity contribution in [2.24, 2.45) is 0 Å². The minimum absolute atomic E-state index is 0.0456. The second-order valence-corrected chi connectivity index (χ2v) is 8.77. The van der Waals surface area contributed by atoms with Crippen molar-refractivity contribution in [3.8, 4) is 0 Å². The SMILES string of the molecule is CC(C)(C)N(Cc1nc(Cl)nc2c(F)c(Br)c(Cl)cc12)OC(=O)N1CCC1. The minimum atomic E-state index is -0.622. The van der Waals surface area contributed by atoms with Crippen LogP contribution in [0.1, 0.15) is 32.9 Å². The first-order valence-electron chi connectivity index (χ1n) is 8.32. The summed E-state index contributed by atoms with van der Waals surface area (Å²) in [5.74, 6) is -0.622. The number of carbonyl (C=O) groups excluding carboxylic acids is 1. The molecule has 10 heteroatoms. The lowest BCUT2D eigenvalue weighted by atomic mass is 10.1. The summed E-state index contributed by atoms with van der Waals surface area (Å²) in [6.07, 6.45) is 0.538. The van der Waals surface area contributed by atoms with Crippen molar-refractivity contribution >= 4 is 56.1 Å². The summed E-state index contributed by atoms with van der Waals surface area (Å²) in [5.41, 5.74) is -0.0732. The lowest BCUT2D eigenvalue weighted by Gasteiger charge is -2.37. The predicted octanol–water partition coefficient (Wildman–Crippen LogP) is 5.20. The van der Waals surface area contributed by atoms with Crippen LogP contribution in [0, 0.1) is 5.82 Å². The number of hydrogen-bond acceptors (Lipinski definition) is 5. The molecule has 0 bridgehead atoms. The number of hydroxylamine groups is 2. The molecule has 1 aliphatic rings. The van der Waals surface area contributed by atoms with E-state index in [-0.39, 0.29) is 26.8 Å². The van der Waals surface area contributed by atoms with Crippen LogP contribution in [0.3, 0.4) is 0 Å². The van der Waals surface area contributed by atoms with Gasteiger partial charge in [-0.3, -0.25) is 0 Å². The normalized spacial score (nSPS) is 14.6. The zero-order valence-corrected chi connectivity index (χ0v) is 18.1. The average molecular weight is 480 g/mol. The predicted molar refractivity (Wildman–Crippen MR) is 105 cm³/mol. The van der Waals surface area contributed by atoms with Crippen molar-refractivity contribution in [2.75, 3.05) is 13.1 Å². The summed E-state index contributed by atoms with van der Waals surface area (Å²) in [4.78, 5) is 27.7. The Bertz CT molecular complexity index is 903. The van der Waals surface area contributed by atoms with Crippen LogP contribution in [0.4, 0.5) is 9.18 Å². The van der Waals surface area contributed by atoms with Gasteiger partial charge in [0.25, 0.3) is 0 Å². The number of rotatable bonds is 3. The molecule has 0 spiro atoms. The van der Waals surface area contributed by atoms with E-state index in [1.54, 1.807) is 11.0 Å². The average Bonchev–Trinajstić information content (AvgIpc) is 2.50. The van der Waals surface area contributed by atoms with Gasteiger partial charge in [0.1, 0.15) is 5.52 Å². The molecule has 1 saturated heterocycles. The summed E-state index contributed by atoms with van der Waals surface area (Å²) in [7, 11) is 0. The van der Waals surface area contributed by atoms with Crippen molar-refractivity contribution in [1.29, 1.82) is 0 Å². The molecule has 146 valence electrons. The third-order valence-electron chi connectivity index (χ3n) is 4.22. The van der Waals surface area contributed by atoms with E-state index >= 15 is 0 Å². The highest BCUT2D eigenvalue weighted by molar-refractivity contribution is 9.10. The van der Waals surface area contributed by atoms with Gasteiger partial charge in [-0.15, -0.1) is 5.06 Å². The van der Waals surface area contributed by atoms with E-state index < -0.39 is 17.4 Å². The molecule has 1 aromatic carbocycles. The Morgan fingerprint density at radius 1 is 1.37 bits per heavy atom. The zero-order valence-electron chi connectivity index (χ0n) is 15.0. The number of nitrogens with zero attached hydrogens (tertiary/aromatic N) is 4. The third kappa shape index (κ3) is 4.29. The zero-order chi connectivity index (χ0) is 19.9. The van der Waals surface area contributed by atoms with Gasteiger partial charge in [-0.25, -0.2) is 19.2 Å². The van der Waals surface area contributed by atoms with Gasteiger partial charge in [-0.2, -0.15) is 0 Å². The van der Waals surface area contributed by atoms with E-state index in [1.807, 2.05) is 20.8 Å². The highest BCUT2D eigenvalue weighted by atomic mass is 79.9. The molecule has 27 heavy (non-hydrogen) atoms. The third-order valence-corrected chi connectivity index (χ3v) is 5.69. The largest absolute Gasteiger partial charge is 0.428 e. The lowest BCUT2D eigenvalue weighted by molar-refractivity contribution is -0.177. The van der Waals surface area contributed by atoms with Crippen molar-refractivity contribution < 1.29 is 14.0 Å². The van der Waals surface area contributed by atoms with Crippen molar-refractivity contribution in [3.05, 3.63) is 32.4 Å². The smallest absolute Gasteiger partial charge is 0.350 e. The highest BCUT2D eigenvalue weighted by Gasteiger charge is 2.31. The molecule has 1 aliphatic heterocycles. The fourth-order valence-electron chi connectivity index (χ4n) is 2.52. The first-order chi connectivity index (χ1) is 12.6. The first kappa shape index (κ1) is 20.5. The number of carbonyl (C=O) groups is 1. The standard InChI is InChI=1S/C17H18BrCl2FN4O2/c1-17(2,3)25(27-16(26)24-5-4-6-24)8-11-9-7-10(19)12(18)13(21)14(9)23-15(20)22-11/h7H,4-6,8H2,1-3H3. The molecule has 2 aromatic rings. The maximum absolute atomic E-state index is 14.6. The summed E-state index contributed by atoms with van der Waals surface area (Å²) < 4.78 is 14.7. The topological polar surface area (TPSA) is 58.6 Å². The Hall–Kier alpha value is -1.22. The van der Waals surface area contributed by atoms with Crippen LogP contribution < -0.4 is 0 Å². The van der Waals surface area contributed by atoms with Gasteiger partial charge < -0.3 is 9.74 Å². The van der Waals surface area contributed by atoms with Crippen LogP contribution in [0.5, 0.6) is 0 Å². The van der Waals surface area contributed by atoms with Crippen molar-refractivity contribution in [1.82, 2.24) is 19.9 Å². The first-order valence-corrected chi connectivity index (χ1v) is 9.87. The van der Waals surface area contributed by atoms with Gasteiger partial charge in [-0.05, 0) is 60.8 Å². The van der Waals surface area contributed by atoms with E-state index in [0.717, 1.165) is 6.42 Å². The number of halogens is 4. The van der Waals surface area contributed by atoms with Crippen LogP contribution in [0.2, 0.25) is 10.3 Å². The number of hydrogen-bond donors (Lipinski definition) is 0. The Kier molecular flexibility index (Phi) is 5.82. The summed E-state index contributed by atoms with van der Waals surface area (Å²) in [5, 5.41) is 1.99. The second kappa shape index (κ2) is 7.66. The molecule has 0 unspecified atom stereocenters. The Morgan fingerprint density at radius 2 is 2.04 bits per heavy atom. The fraction of sp³-hybridized carbons (Fsp3) is 0.471. The molecule has 3 rings (SSSR count). The van der Waals surface area contributed by atoms with Crippen LogP contribution in [0.15, 0.2) is 10.5 Å². The number of benzene rings is 1. The number of fused-ring (bicyclic) bond motifs is 1. The number of aromatic nitrogens is 2. The van der Waals surface area contributed by atoms with Gasteiger partial charge in [0.05, 0.1) is 21.7 Å². The molecule has 0 saturated carbocycles. The highest BCUT2D eigenvalue weighted by Crippen LogP contribution is 2.34. The monoisotopic (exact) mass is 478 g/mol. The van der Waals surface area contributed by atoms with Crippen LogP contribution >= 0.6 is 39.1 Å². The molecule has 2 heterocycles. The van der Waals surface area contributed by atoms with Gasteiger partial charge >= 0.3 is 6.09 Å². The van der Waals surface area contributed by atoms with Gasteiger partial charge in [0.2, 0.25) is 5.28 Å². The molecule has 0 N–H and O–H groups in total. The Labute approximate surface area is 174 Å². The maximum atomic E-state index is 14.6. The summed E-state index contributed by atoms with van der Waals surface area (Å²) >= 11 is 15.2. The van der Waals surface area contributed by atoms with E-state index in [4.69, 9.17) is 28.0 Å². The van der Waals surface area contributed by atoms with Crippen molar-refractivity contribution in [2.45, 2.75) is 39.3 Å². The van der Waals surface area contributed by atoms with E-state index in [2.05, 4.69) is 25.9 Å². The van der Waals surface area contributed by atoms with Crippen LogP contribution in [-0.2, 0) is 11.4 Å². The molecule has 0 radical (unpaired) electrons. The van der Waals surface area contributed by atoms with E-state index in [0.29, 0.717) is 24.2 Å². The Balaban J connectivity index is 2.00. The minimum Gasteiger partial charge on any atom is -0.350 e. The van der Waals surface area contributed by atoms with Gasteiger partial charge in [0, 0.05) is 24.0 Å². The second-order valence-electron chi connectivity index (χ2n) is 7.23. The fourth-order valence-corrected chi connectivity index (χ4v) is 3.20. The van der Waals surface area contributed by atoms with E-state index in [9.17, 15) is 9.18 Å². The van der Waals surface area contributed by atoms with Crippen LogP contribution in [0.25, 0.3) is 10.9 Å². The lowest BCUT2D eigenvalue weighted by Crippen LogP contribution is -2.49. The number of likely N-dealkylation sites (tertiary alicyclic amines) is 1. The molecule has 0 aliphatic carbocycles. The molecule has 1 fully saturated rings.